The molecule has 1 unspecified atom stereocenters. The van der Waals surface area contributed by atoms with Crippen molar-refractivity contribution in [3.63, 3.8) is 0 Å². The lowest BCUT2D eigenvalue weighted by Crippen LogP contribution is -2.36. The van der Waals surface area contributed by atoms with E-state index in [0.717, 1.165) is 50.0 Å². The molecule has 7 nitrogen and oxygen atoms in total. The van der Waals surface area contributed by atoms with Gasteiger partial charge >= 0.3 is 0 Å². The van der Waals surface area contributed by atoms with Crippen LogP contribution in [0.3, 0.4) is 0 Å². The van der Waals surface area contributed by atoms with Crippen LogP contribution in [0, 0.1) is 0 Å². The van der Waals surface area contributed by atoms with Crippen molar-refractivity contribution in [2.75, 3.05) is 26.2 Å². The first-order chi connectivity index (χ1) is 15.6. The van der Waals surface area contributed by atoms with Crippen LogP contribution in [-0.4, -0.2) is 54.5 Å². The number of benzene rings is 2. The fraction of sp³-hybridized carbons (Fsp3) is 0.400. The number of amides is 2. The van der Waals surface area contributed by atoms with Crippen LogP contribution in [0.2, 0.25) is 0 Å². The summed E-state index contributed by atoms with van der Waals surface area (Å²) in [5.41, 5.74) is 2.17. The van der Waals surface area contributed by atoms with Gasteiger partial charge < -0.3 is 20.6 Å². The largest absolute Gasteiger partial charge is 0.483 e. The molecule has 3 rings (SSSR count). The average molecular weight is 440 g/mol. The van der Waals surface area contributed by atoms with Crippen molar-refractivity contribution >= 4 is 18.3 Å². The summed E-state index contributed by atoms with van der Waals surface area (Å²) in [6.45, 7) is 2.65. The number of carboxylic acid groups (broad SMARTS) is 1. The molecular formula is C25H33N3O4. The molecule has 0 aliphatic carbocycles. The fourth-order valence-corrected chi connectivity index (χ4v) is 3.70. The molecule has 1 fully saturated rings. The van der Waals surface area contributed by atoms with E-state index in [0.29, 0.717) is 19.4 Å². The smallest absolute Gasteiger partial charge is 0.290 e. The van der Waals surface area contributed by atoms with Crippen molar-refractivity contribution in [3.05, 3.63) is 71.8 Å². The van der Waals surface area contributed by atoms with E-state index in [1.165, 1.54) is 0 Å². The first kappa shape index (κ1) is 25.1. The fourth-order valence-electron chi connectivity index (χ4n) is 3.70. The molecular weight excluding hydrogens is 406 g/mol. The summed E-state index contributed by atoms with van der Waals surface area (Å²) in [6.07, 6.45) is 3.52. The highest BCUT2D eigenvalue weighted by Crippen LogP contribution is 2.17. The highest BCUT2D eigenvalue weighted by molar-refractivity contribution is 5.78. The van der Waals surface area contributed by atoms with Gasteiger partial charge in [-0.05, 0) is 36.9 Å². The van der Waals surface area contributed by atoms with E-state index < -0.39 is 0 Å². The molecule has 1 aliphatic rings. The highest BCUT2D eigenvalue weighted by Gasteiger charge is 2.18. The summed E-state index contributed by atoms with van der Waals surface area (Å²) in [4.78, 5) is 35.5. The van der Waals surface area contributed by atoms with Crippen molar-refractivity contribution in [2.45, 2.75) is 38.1 Å². The summed E-state index contributed by atoms with van der Waals surface area (Å²) in [5, 5.41) is 13.4. The monoisotopic (exact) mass is 439 g/mol. The number of hydrogen-bond acceptors (Lipinski definition) is 4. The van der Waals surface area contributed by atoms with Crippen molar-refractivity contribution in [2.24, 2.45) is 0 Å². The molecule has 0 spiro atoms. The molecule has 32 heavy (non-hydrogen) atoms. The van der Waals surface area contributed by atoms with Gasteiger partial charge in [-0.1, -0.05) is 60.7 Å². The minimum atomic E-state index is -0.250. The Kier molecular flexibility index (Phi) is 11.6. The number of hydrogen-bond donors (Lipinski definition) is 3. The van der Waals surface area contributed by atoms with E-state index >= 15 is 0 Å². The van der Waals surface area contributed by atoms with Gasteiger partial charge in [-0.25, -0.2) is 0 Å². The van der Waals surface area contributed by atoms with Crippen molar-refractivity contribution in [1.29, 1.82) is 0 Å². The van der Waals surface area contributed by atoms with E-state index in [1.807, 2.05) is 53.4 Å². The Morgan fingerprint density at radius 2 is 1.59 bits per heavy atom. The van der Waals surface area contributed by atoms with Crippen LogP contribution in [-0.2, 0) is 20.8 Å². The Balaban J connectivity index is 0.00000114. The zero-order chi connectivity index (χ0) is 23.0. The minimum Gasteiger partial charge on any atom is -0.483 e. The second-order valence-corrected chi connectivity index (χ2v) is 7.68. The molecule has 1 saturated heterocycles. The summed E-state index contributed by atoms with van der Waals surface area (Å²) in [7, 11) is 0. The first-order valence-corrected chi connectivity index (χ1v) is 11.1. The summed E-state index contributed by atoms with van der Waals surface area (Å²) in [6, 6.07) is 20.0. The molecule has 7 heteroatoms. The molecule has 3 N–H and O–H groups in total. The molecule has 0 bridgehead atoms. The van der Waals surface area contributed by atoms with Gasteiger partial charge in [-0.3, -0.25) is 14.4 Å². The van der Waals surface area contributed by atoms with Gasteiger partial charge in [0, 0.05) is 32.1 Å². The van der Waals surface area contributed by atoms with Crippen LogP contribution >= 0.6 is 0 Å². The molecule has 172 valence electrons. The molecule has 0 aromatic heterocycles. The van der Waals surface area contributed by atoms with Crippen LogP contribution in [0.25, 0.3) is 0 Å². The second kappa shape index (κ2) is 14.8. The van der Waals surface area contributed by atoms with Gasteiger partial charge in [0.1, 0.15) is 0 Å². The summed E-state index contributed by atoms with van der Waals surface area (Å²) < 4.78 is 0. The predicted octanol–water partition coefficient (Wildman–Crippen LogP) is 2.78. The maximum absolute atomic E-state index is 12.8. The lowest BCUT2D eigenvalue weighted by atomic mass is 10.0. The third-order valence-electron chi connectivity index (χ3n) is 5.31. The minimum absolute atomic E-state index is 0.00887. The van der Waals surface area contributed by atoms with Crippen molar-refractivity contribution < 1.29 is 19.5 Å². The first-order valence-electron chi connectivity index (χ1n) is 11.1. The Bertz CT molecular complexity index is 814. The Labute approximate surface area is 189 Å². The van der Waals surface area contributed by atoms with Crippen molar-refractivity contribution in [3.8, 4) is 0 Å². The molecule has 2 aromatic carbocycles. The highest BCUT2D eigenvalue weighted by atomic mass is 16.3. The Morgan fingerprint density at radius 1 is 0.969 bits per heavy atom. The van der Waals surface area contributed by atoms with Crippen LogP contribution < -0.4 is 10.6 Å². The van der Waals surface area contributed by atoms with Crippen LogP contribution in [0.5, 0.6) is 0 Å². The van der Waals surface area contributed by atoms with E-state index in [-0.39, 0.29) is 24.3 Å². The second-order valence-electron chi connectivity index (χ2n) is 7.68. The summed E-state index contributed by atoms with van der Waals surface area (Å²) >= 11 is 0. The normalized spacial score (nSPS) is 17.9. The van der Waals surface area contributed by atoms with E-state index in [1.54, 1.807) is 0 Å². The number of nitrogens with one attached hydrogen (secondary N) is 2. The van der Waals surface area contributed by atoms with Gasteiger partial charge in [-0.2, -0.15) is 0 Å². The topological polar surface area (TPSA) is 98.7 Å². The van der Waals surface area contributed by atoms with Gasteiger partial charge in [0.05, 0.1) is 6.42 Å². The zero-order valence-corrected chi connectivity index (χ0v) is 18.4. The molecule has 1 aliphatic heterocycles. The SMILES string of the molecule is O=C1CC(c2ccccc2)NCCCN(C(=O)Cc2ccccc2)CCCCN1.O=CO. The Hall–Kier alpha value is -3.19. The third-order valence-corrected chi connectivity index (χ3v) is 5.31. The Morgan fingerprint density at radius 3 is 2.28 bits per heavy atom. The lowest BCUT2D eigenvalue weighted by molar-refractivity contribution is -0.130. The van der Waals surface area contributed by atoms with Gasteiger partial charge in [0.25, 0.3) is 6.47 Å². The average Bonchev–Trinajstić information content (AvgIpc) is 2.82. The van der Waals surface area contributed by atoms with E-state index in [4.69, 9.17) is 9.90 Å². The van der Waals surface area contributed by atoms with Gasteiger partial charge in [0.15, 0.2) is 0 Å². The number of carbonyl (C=O) groups is 3. The molecule has 1 heterocycles. The standard InChI is InChI=1S/C24H31N3O2.CH2O2/c28-23-19-22(21-12-5-2-6-13-21)25-15-9-17-27(16-8-7-14-26-23)24(29)18-20-10-3-1-4-11-20;2-1-3/h1-6,10-13,22,25H,7-9,14-19H2,(H,26,28);1H,(H,2,3). The van der Waals surface area contributed by atoms with E-state index in [2.05, 4.69) is 22.8 Å². The summed E-state index contributed by atoms with van der Waals surface area (Å²) in [5.74, 6) is 0.248. The number of nitrogens with zero attached hydrogens (tertiary/aromatic N) is 1. The van der Waals surface area contributed by atoms with Gasteiger partial charge in [-0.15, -0.1) is 0 Å². The maximum Gasteiger partial charge on any atom is 0.290 e. The quantitative estimate of drug-likeness (QED) is 0.639. The molecule has 2 amide bonds. The van der Waals surface area contributed by atoms with Crippen LogP contribution in [0.1, 0.15) is 42.9 Å². The van der Waals surface area contributed by atoms with E-state index in [9.17, 15) is 9.59 Å². The number of carbonyl (C=O) groups excluding carboxylic acids is 2. The molecule has 0 saturated carbocycles. The molecule has 1 atom stereocenters. The van der Waals surface area contributed by atoms with Crippen LogP contribution in [0.15, 0.2) is 60.7 Å². The van der Waals surface area contributed by atoms with Gasteiger partial charge in [0.2, 0.25) is 11.8 Å². The molecule has 2 aromatic rings. The maximum atomic E-state index is 12.8. The zero-order valence-electron chi connectivity index (χ0n) is 18.4. The van der Waals surface area contributed by atoms with Crippen molar-refractivity contribution in [1.82, 2.24) is 15.5 Å². The van der Waals surface area contributed by atoms with Crippen LogP contribution in [0.4, 0.5) is 0 Å². The third kappa shape index (κ3) is 9.31. The predicted molar refractivity (Wildman–Crippen MR) is 124 cm³/mol. The number of rotatable bonds is 3. The lowest BCUT2D eigenvalue weighted by Gasteiger charge is -2.24. The molecule has 0 radical (unpaired) electrons.